The largest absolute Gasteiger partial charge is 0.287 e. The molecule has 2 unspecified atom stereocenters. The van der Waals surface area contributed by atoms with E-state index >= 15 is 0 Å². The standard InChI is InChI=1S/C9H12IN3O/c1-6(14)13(12-10)8-5-7-3-2-4-11-9(7)8/h2-4,7-9,12H,5H2,1H3/t7-,8?,9?/m1/s1. The van der Waals surface area contributed by atoms with Crippen LogP contribution in [-0.2, 0) is 4.79 Å². The van der Waals surface area contributed by atoms with E-state index in [2.05, 4.69) is 14.7 Å². The topological polar surface area (TPSA) is 44.7 Å². The summed E-state index contributed by atoms with van der Waals surface area (Å²) < 4.78 is 2.89. The number of hydrogen-bond donors (Lipinski definition) is 1. The summed E-state index contributed by atoms with van der Waals surface area (Å²) in [6.45, 7) is 1.57. The fraction of sp³-hybridized carbons (Fsp3) is 0.556. The number of allylic oxidation sites excluding steroid dienone is 1. The number of aliphatic imine (C=N–C) groups is 1. The van der Waals surface area contributed by atoms with Crippen LogP contribution in [0.2, 0.25) is 0 Å². The maximum Gasteiger partial charge on any atom is 0.234 e. The molecular weight excluding hydrogens is 293 g/mol. The van der Waals surface area contributed by atoms with Gasteiger partial charge in [0.15, 0.2) is 0 Å². The van der Waals surface area contributed by atoms with Gasteiger partial charge in [-0.1, -0.05) is 6.08 Å². The van der Waals surface area contributed by atoms with Crippen LogP contribution in [0, 0.1) is 5.92 Å². The SMILES string of the molecule is CC(=O)N(NI)C1C[C@H]2C=CC=NC12. The van der Waals surface area contributed by atoms with Crippen molar-refractivity contribution in [1.29, 1.82) is 0 Å². The lowest BCUT2D eigenvalue weighted by molar-refractivity contribution is -0.135. The number of nitrogens with zero attached hydrogens (tertiary/aromatic N) is 2. The molecule has 1 amide bonds. The lowest BCUT2D eigenvalue weighted by Crippen LogP contribution is -2.59. The minimum atomic E-state index is 0.0487. The molecule has 1 heterocycles. The molecule has 76 valence electrons. The number of hydrazine groups is 1. The smallest absolute Gasteiger partial charge is 0.234 e. The highest BCUT2D eigenvalue weighted by molar-refractivity contribution is 14.1. The fourth-order valence-corrected chi connectivity index (χ4v) is 2.70. The lowest BCUT2D eigenvalue weighted by atomic mass is 9.73. The highest BCUT2D eigenvalue weighted by Crippen LogP contribution is 2.36. The summed E-state index contributed by atoms with van der Waals surface area (Å²) >= 11 is 1.99. The van der Waals surface area contributed by atoms with E-state index in [-0.39, 0.29) is 18.0 Å². The van der Waals surface area contributed by atoms with Crippen LogP contribution in [0.4, 0.5) is 0 Å². The molecule has 1 aliphatic heterocycles. The summed E-state index contributed by atoms with van der Waals surface area (Å²) in [5.74, 6) is 0.573. The molecule has 14 heavy (non-hydrogen) atoms. The van der Waals surface area contributed by atoms with Gasteiger partial charge in [-0.2, -0.15) is 3.64 Å². The predicted octanol–water partition coefficient (Wildman–Crippen LogP) is 1.09. The predicted molar refractivity (Wildman–Crippen MR) is 63.0 cm³/mol. The van der Waals surface area contributed by atoms with Crippen LogP contribution < -0.4 is 3.64 Å². The minimum Gasteiger partial charge on any atom is -0.287 e. The van der Waals surface area contributed by atoms with E-state index in [1.807, 2.05) is 35.2 Å². The summed E-state index contributed by atoms with van der Waals surface area (Å²) in [6.07, 6.45) is 6.97. The summed E-state index contributed by atoms with van der Waals surface area (Å²) in [4.78, 5) is 15.7. The van der Waals surface area contributed by atoms with Gasteiger partial charge in [-0.3, -0.25) is 14.8 Å². The zero-order valence-corrected chi connectivity index (χ0v) is 10.0. The van der Waals surface area contributed by atoms with Crippen LogP contribution in [0.3, 0.4) is 0 Å². The van der Waals surface area contributed by atoms with Crippen LogP contribution in [0.15, 0.2) is 17.1 Å². The normalized spacial score (nSPS) is 33.4. The Morgan fingerprint density at radius 3 is 3.07 bits per heavy atom. The zero-order chi connectivity index (χ0) is 10.1. The van der Waals surface area contributed by atoms with Crippen LogP contribution in [0.25, 0.3) is 0 Å². The van der Waals surface area contributed by atoms with E-state index in [0.717, 1.165) is 6.42 Å². The van der Waals surface area contributed by atoms with E-state index in [1.54, 1.807) is 11.9 Å². The van der Waals surface area contributed by atoms with E-state index in [9.17, 15) is 4.79 Å². The molecule has 1 N–H and O–H groups in total. The molecule has 0 aromatic heterocycles. The van der Waals surface area contributed by atoms with Crippen LogP contribution >= 0.6 is 22.9 Å². The zero-order valence-electron chi connectivity index (χ0n) is 7.85. The molecule has 1 saturated carbocycles. The number of hydrogen-bond acceptors (Lipinski definition) is 3. The van der Waals surface area contributed by atoms with Crippen molar-refractivity contribution < 1.29 is 4.79 Å². The first-order valence-corrected chi connectivity index (χ1v) is 5.68. The van der Waals surface area contributed by atoms with Crippen molar-refractivity contribution in [2.24, 2.45) is 10.9 Å². The Bertz CT molecular complexity index is 302. The first-order valence-electron chi connectivity index (χ1n) is 4.60. The van der Waals surface area contributed by atoms with Crippen molar-refractivity contribution in [2.45, 2.75) is 25.4 Å². The molecule has 1 aliphatic carbocycles. The molecule has 0 aromatic carbocycles. The third-order valence-corrected chi connectivity index (χ3v) is 3.33. The summed E-state index contributed by atoms with van der Waals surface area (Å²) in [7, 11) is 0. The van der Waals surface area contributed by atoms with Gasteiger partial charge in [0.2, 0.25) is 5.91 Å². The highest BCUT2D eigenvalue weighted by atomic mass is 127. The Labute approximate surface area is 96.9 Å². The van der Waals surface area contributed by atoms with E-state index in [1.165, 1.54) is 0 Å². The van der Waals surface area contributed by atoms with E-state index < -0.39 is 0 Å². The molecule has 0 spiro atoms. The number of carbonyl (C=O) groups excluding carboxylic acids is 1. The Morgan fingerprint density at radius 2 is 2.50 bits per heavy atom. The van der Waals surface area contributed by atoms with E-state index in [4.69, 9.17) is 0 Å². The quantitative estimate of drug-likeness (QED) is 0.471. The Balaban J connectivity index is 2.04. The molecule has 2 aliphatic rings. The number of nitrogens with one attached hydrogen (secondary N) is 1. The number of dihydropyridines is 1. The number of halogens is 1. The molecule has 5 heteroatoms. The minimum absolute atomic E-state index is 0.0487. The third kappa shape index (κ3) is 1.58. The second-order valence-electron chi connectivity index (χ2n) is 3.61. The molecular formula is C9H12IN3O. The van der Waals surface area contributed by atoms with Crippen molar-refractivity contribution in [2.75, 3.05) is 0 Å². The van der Waals surface area contributed by atoms with Crippen LogP contribution in [-0.4, -0.2) is 29.2 Å². The monoisotopic (exact) mass is 305 g/mol. The maximum absolute atomic E-state index is 11.3. The van der Waals surface area contributed by atoms with Crippen molar-refractivity contribution in [3.63, 3.8) is 0 Å². The third-order valence-electron chi connectivity index (χ3n) is 2.81. The van der Waals surface area contributed by atoms with Gasteiger partial charge in [0.25, 0.3) is 0 Å². The number of carbonyl (C=O) groups is 1. The summed E-state index contributed by atoms with van der Waals surface area (Å²) in [5, 5.41) is 1.66. The fourth-order valence-electron chi connectivity index (χ4n) is 2.00. The van der Waals surface area contributed by atoms with Gasteiger partial charge in [0, 0.05) is 41.9 Å². The lowest BCUT2D eigenvalue weighted by Gasteiger charge is -2.46. The van der Waals surface area contributed by atoms with Gasteiger partial charge in [0.05, 0.1) is 12.1 Å². The number of rotatable bonds is 2. The van der Waals surface area contributed by atoms with E-state index in [0.29, 0.717) is 5.92 Å². The Morgan fingerprint density at radius 1 is 1.71 bits per heavy atom. The number of fused-ring (bicyclic) bond motifs is 1. The molecule has 4 nitrogen and oxygen atoms in total. The van der Waals surface area contributed by atoms with Gasteiger partial charge in [-0.25, -0.2) is 0 Å². The van der Waals surface area contributed by atoms with Crippen LogP contribution in [0.5, 0.6) is 0 Å². The first-order chi connectivity index (χ1) is 6.74. The van der Waals surface area contributed by atoms with Gasteiger partial charge in [-0.05, 0) is 12.5 Å². The Hall–Kier alpha value is -0.430. The molecule has 2 rings (SSSR count). The first kappa shape index (κ1) is 10.1. The van der Waals surface area contributed by atoms with Crippen molar-refractivity contribution in [3.8, 4) is 0 Å². The van der Waals surface area contributed by atoms with Crippen LogP contribution in [0.1, 0.15) is 13.3 Å². The molecule has 0 radical (unpaired) electrons. The van der Waals surface area contributed by atoms with Gasteiger partial charge < -0.3 is 0 Å². The van der Waals surface area contributed by atoms with Crippen molar-refractivity contribution in [3.05, 3.63) is 12.2 Å². The van der Waals surface area contributed by atoms with Crippen molar-refractivity contribution in [1.82, 2.24) is 8.65 Å². The molecule has 0 saturated heterocycles. The molecule has 0 aromatic rings. The van der Waals surface area contributed by atoms with Gasteiger partial charge in [0.1, 0.15) is 0 Å². The highest BCUT2D eigenvalue weighted by Gasteiger charge is 2.44. The molecule has 0 bridgehead atoms. The molecule has 1 fully saturated rings. The number of amides is 1. The van der Waals surface area contributed by atoms with Crippen molar-refractivity contribution >= 4 is 35.0 Å². The second-order valence-corrected chi connectivity index (χ2v) is 4.10. The average Bonchev–Trinajstić information content (AvgIpc) is 2.13. The summed E-state index contributed by atoms with van der Waals surface area (Å²) in [5.41, 5.74) is 0. The van der Waals surface area contributed by atoms with Gasteiger partial charge >= 0.3 is 0 Å². The maximum atomic E-state index is 11.3. The Kier molecular flexibility index (Phi) is 2.87. The van der Waals surface area contributed by atoms with Gasteiger partial charge in [-0.15, -0.1) is 0 Å². The summed E-state index contributed by atoms with van der Waals surface area (Å²) in [6, 6.07) is 0.474. The average molecular weight is 305 g/mol. The molecule has 3 atom stereocenters. The second kappa shape index (κ2) is 3.98.